The third-order valence-electron chi connectivity index (χ3n) is 2.97. The van der Waals surface area contributed by atoms with Gasteiger partial charge in [-0.2, -0.15) is 0 Å². The number of hydrogen-bond acceptors (Lipinski definition) is 4. The number of hydrogen-bond donors (Lipinski definition) is 1. The molecule has 0 aromatic carbocycles. The normalized spacial score (nSPS) is 10.4. The van der Waals surface area contributed by atoms with Gasteiger partial charge in [-0.25, -0.2) is 0 Å². The van der Waals surface area contributed by atoms with Crippen molar-refractivity contribution in [2.45, 2.75) is 27.2 Å². The molecule has 0 bridgehead atoms. The summed E-state index contributed by atoms with van der Waals surface area (Å²) in [5.41, 5.74) is 3.99. The Morgan fingerprint density at radius 3 is 2.61 bits per heavy atom. The molecular weight excluding hydrogens is 224 g/mol. The third kappa shape index (κ3) is 2.47. The van der Waals surface area contributed by atoms with Gasteiger partial charge in [0.05, 0.1) is 5.69 Å². The Labute approximate surface area is 107 Å². The van der Waals surface area contributed by atoms with Crippen molar-refractivity contribution in [3.05, 3.63) is 35.5 Å². The van der Waals surface area contributed by atoms with Gasteiger partial charge in [-0.05, 0) is 43.5 Å². The predicted octanol–water partition coefficient (Wildman–Crippen LogP) is 2.98. The van der Waals surface area contributed by atoms with Gasteiger partial charge >= 0.3 is 0 Å². The Balaban J connectivity index is 2.38. The Bertz CT molecular complexity index is 523. The maximum atomic E-state index is 4.32. The van der Waals surface area contributed by atoms with Crippen LogP contribution in [0.1, 0.15) is 24.5 Å². The molecular formula is C14H18N4. The molecule has 0 radical (unpaired) electrons. The van der Waals surface area contributed by atoms with Gasteiger partial charge in [0.1, 0.15) is 5.69 Å². The molecule has 0 saturated heterocycles. The van der Waals surface area contributed by atoms with Crippen LogP contribution in [0.3, 0.4) is 0 Å². The van der Waals surface area contributed by atoms with E-state index in [1.54, 1.807) is 6.20 Å². The Kier molecular flexibility index (Phi) is 3.87. The van der Waals surface area contributed by atoms with Crippen LogP contribution in [0.25, 0.3) is 11.4 Å². The zero-order valence-corrected chi connectivity index (χ0v) is 11.1. The molecule has 2 rings (SSSR count). The van der Waals surface area contributed by atoms with E-state index in [-0.39, 0.29) is 0 Å². The molecule has 0 fully saturated rings. The molecule has 4 nitrogen and oxygen atoms in total. The maximum Gasteiger partial charge on any atom is 0.151 e. The van der Waals surface area contributed by atoms with Crippen LogP contribution in [-0.2, 0) is 0 Å². The SMILES string of the molecule is CCCNc1nnc(-c2ccccn2)c(C)c1C. The minimum absolute atomic E-state index is 0.857. The average molecular weight is 242 g/mol. The summed E-state index contributed by atoms with van der Waals surface area (Å²) >= 11 is 0. The Morgan fingerprint density at radius 2 is 1.94 bits per heavy atom. The van der Waals surface area contributed by atoms with Crippen LogP contribution in [0.15, 0.2) is 24.4 Å². The van der Waals surface area contributed by atoms with Gasteiger partial charge in [-0.15, -0.1) is 10.2 Å². The summed E-state index contributed by atoms with van der Waals surface area (Å²) in [6.45, 7) is 7.17. The number of nitrogens with zero attached hydrogens (tertiary/aromatic N) is 3. The molecule has 2 heterocycles. The highest BCUT2D eigenvalue weighted by atomic mass is 15.2. The number of aromatic nitrogens is 3. The number of anilines is 1. The molecule has 4 heteroatoms. The fourth-order valence-corrected chi connectivity index (χ4v) is 1.76. The second-order valence-electron chi connectivity index (χ2n) is 4.29. The van der Waals surface area contributed by atoms with E-state index in [1.807, 2.05) is 18.2 Å². The molecule has 2 aromatic heterocycles. The second-order valence-corrected chi connectivity index (χ2v) is 4.29. The van der Waals surface area contributed by atoms with Crippen molar-refractivity contribution in [1.82, 2.24) is 15.2 Å². The first kappa shape index (κ1) is 12.5. The Morgan fingerprint density at radius 1 is 1.11 bits per heavy atom. The lowest BCUT2D eigenvalue weighted by Crippen LogP contribution is -2.07. The minimum Gasteiger partial charge on any atom is -0.368 e. The van der Waals surface area contributed by atoms with Crippen molar-refractivity contribution in [2.75, 3.05) is 11.9 Å². The van der Waals surface area contributed by atoms with E-state index < -0.39 is 0 Å². The molecule has 0 spiro atoms. The van der Waals surface area contributed by atoms with Crippen molar-refractivity contribution < 1.29 is 0 Å². The van der Waals surface area contributed by atoms with Gasteiger partial charge in [-0.3, -0.25) is 4.98 Å². The van der Waals surface area contributed by atoms with E-state index >= 15 is 0 Å². The van der Waals surface area contributed by atoms with Crippen LogP contribution in [0.4, 0.5) is 5.82 Å². The van der Waals surface area contributed by atoms with Crippen molar-refractivity contribution in [3.63, 3.8) is 0 Å². The highest BCUT2D eigenvalue weighted by molar-refractivity contribution is 5.63. The van der Waals surface area contributed by atoms with Gasteiger partial charge in [-0.1, -0.05) is 13.0 Å². The summed E-state index contributed by atoms with van der Waals surface area (Å²) in [5.74, 6) is 0.869. The van der Waals surface area contributed by atoms with E-state index in [4.69, 9.17) is 0 Å². The largest absolute Gasteiger partial charge is 0.368 e. The molecule has 18 heavy (non-hydrogen) atoms. The van der Waals surface area contributed by atoms with Gasteiger partial charge in [0.25, 0.3) is 0 Å². The summed E-state index contributed by atoms with van der Waals surface area (Å²) in [6, 6.07) is 5.81. The van der Waals surface area contributed by atoms with E-state index in [0.717, 1.165) is 41.3 Å². The second kappa shape index (κ2) is 5.58. The van der Waals surface area contributed by atoms with E-state index in [2.05, 4.69) is 41.3 Å². The topological polar surface area (TPSA) is 50.7 Å². The molecule has 0 unspecified atom stereocenters. The number of nitrogens with one attached hydrogen (secondary N) is 1. The lowest BCUT2D eigenvalue weighted by molar-refractivity contribution is 0.930. The highest BCUT2D eigenvalue weighted by Crippen LogP contribution is 2.24. The van der Waals surface area contributed by atoms with Gasteiger partial charge in [0, 0.05) is 12.7 Å². The highest BCUT2D eigenvalue weighted by Gasteiger charge is 2.11. The van der Waals surface area contributed by atoms with E-state index in [1.165, 1.54) is 0 Å². The van der Waals surface area contributed by atoms with Gasteiger partial charge < -0.3 is 5.32 Å². The fraction of sp³-hybridized carbons (Fsp3) is 0.357. The first-order valence-electron chi connectivity index (χ1n) is 6.23. The molecule has 2 aromatic rings. The summed E-state index contributed by atoms with van der Waals surface area (Å²) in [6.07, 6.45) is 2.84. The Hall–Kier alpha value is -1.97. The van der Waals surface area contributed by atoms with Crippen molar-refractivity contribution >= 4 is 5.82 Å². The van der Waals surface area contributed by atoms with E-state index in [9.17, 15) is 0 Å². The van der Waals surface area contributed by atoms with Gasteiger partial charge in [0.2, 0.25) is 0 Å². The first-order chi connectivity index (χ1) is 8.74. The molecule has 94 valence electrons. The van der Waals surface area contributed by atoms with Crippen LogP contribution >= 0.6 is 0 Å². The molecule has 0 aliphatic heterocycles. The molecule has 0 aliphatic carbocycles. The monoisotopic (exact) mass is 242 g/mol. The van der Waals surface area contributed by atoms with Crippen LogP contribution in [-0.4, -0.2) is 21.7 Å². The quantitative estimate of drug-likeness (QED) is 0.895. The molecule has 0 atom stereocenters. The fourth-order valence-electron chi connectivity index (χ4n) is 1.76. The lowest BCUT2D eigenvalue weighted by atomic mass is 10.1. The minimum atomic E-state index is 0.857. The lowest BCUT2D eigenvalue weighted by Gasteiger charge is -2.11. The summed E-state index contributed by atoms with van der Waals surface area (Å²) in [5, 5.41) is 11.8. The summed E-state index contributed by atoms with van der Waals surface area (Å²) < 4.78 is 0. The summed E-state index contributed by atoms with van der Waals surface area (Å²) in [7, 11) is 0. The standard InChI is InChI=1S/C14H18N4/c1-4-8-16-14-11(3)10(2)13(17-18-14)12-7-5-6-9-15-12/h5-7,9H,4,8H2,1-3H3,(H,16,18). The number of pyridine rings is 1. The zero-order chi connectivity index (χ0) is 13.0. The van der Waals surface area contributed by atoms with Crippen molar-refractivity contribution in [3.8, 4) is 11.4 Å². The molecule has 0 aliphatic rings. The van der Waals surface area contributed by atoms with Crippen molar-refractivity contribution in [2.24, 2.45) is 0 Å². The number of rotatable bonds is 4. The average Bonchev–Trinajstić information content (AvgIpc) is 2.41. The molecule has 0 saturated carbocycles. The predicted molar refractivity (Wildman–Crippen MR) is 73.5 cm³/mol. The maximum absolute atomic E-state index is 4.32. The summed E-state index contributed by atoms with van der Waals surface area (Å²) in [4.78, 5) is 4.32. The smallest absolute Gasteiger partial charge is 0.151 e. The van der Waals surface area contributed by atoms with Crippen molar-refractivity contribution in [1.29, 1.82) is 0 Å². The molecule has 1 N–H and O–H groups in total. The third-order valence-corrected chi connectivity index (χ3v) is 2.97. The van der Waals surface area contributed by atoms with Crippen LogP contribution in [0, 0.1) is 13.8 Å². The molecule has 0 amide bonds. The van der Waals surface area contributed by atoms with Crippen LogP contribution in [0.2, 0.25) is 0 Å². The van der Waals surface area contributed by atoms with E-state index in [0.29, 0.717) is 0 Å². The van der Waals surface area contributed by atoms with Gasteiger partial charge in [0.15, 0.2) is 5.82 Å². The first-order valence-corrected chi connectivity index (χ1v) is 6.23. The van der Waals surface area contributed by atoms with Crippen LogP contribution < -0.4 is 5.32 Å². The van der Waals surface area contributed by atoms with Crippen LogP contribution in [0.5, 0.6) is 0 Å². The zero-order valence-electron chi connectivity index (χ0n) is 11.1.